The van der Waals surface area contributed by atoms with Crippen LogP contribution in [-0.2, 0) is 32.7 Å². The van der Waals surface area contributed by atoms with Gasteiger partial charge in [-0.1, -0.05) is 30.3 Å². The number of sulfonamides is 1. The van der Waals surface area contributed by atoms with Gasteiger partial charge < -0.3 is 19.5 Å². The molecule has 1 aromatic heterocycles. The summed E-state index contributed by atoms with van der Waals surface area (Å²) < 4.78 is 41.9. The van der Waals surface area contributed by atoms with Crippen LogP contribution in [0.2, 0.25) is 0 Å². The van der Waals surface area contributed by atoms with E-state index >= 15 is 0 Å². The van der Waals surface area contributed by atoms with Crippen LogP contribution in [0.25, 0.3) is 0 Å². The lowest BCUT2D eigenvalue weighted by atomic mass is 10.0. The summed E-state index contributed by atoms with van der Waals surface area (Å²) in [5.41, 5.74) is 0.628. The fourth-order valence-electron chi connectivity index (χ4n) is 4.53. The van der Waals surface area contributed by atoms with Gasteiger partial charge in [-0.2, -0.15) is 4.31 Å². The highest BCUT2D eigenvalue weighted by atomic mass is 32.2. The fourth-order valence-corrected chi connectivity index (χ4v) is 5.71. The molecular formula is C28H37N5O6S. The number of amides is 1. The molecule has 216 valence electrons. The lowest BCUT2D eigenvalue weighted by Crippen LogP contribution is -2.47. The average molecular weight is 572 g/mol. The molecular weight excluding hydrogens is 534 g/mol. The first kappa shape index (κ1) is 29.7. The Morgan fingerprint density at radius 3 is 2.55 bits per heavy atom. The number of rotatable bonds is 8. The molecule has 1 N–H and O–H groups in total. The van der Waals surface area contributed by atoms with Gasteiger partial charge in [-0.25, -0.2) is 8.42 Å². The minimum Gasteiger partial charge on any atom is -0.457 e. The second kappa shape index (κ2) is 13.4. The number of likely N-dealkylation sites (N-methyl/N-ethyl adjacent to an activating group) is 1. The van der Waals surface area contributed by atoms with Gasteiger partial charge in [-0.05, 0) is 49.7 Å². The highest BCUT2D eigenvalue weighted by Crippen LogP contribution is 2.25. The Morgan fingerprint density at radius 1 is 1.15 bits per heavy atom. The molecule has 3 aromatic rings. The Labute approximate surface area is 235 Å². The van der Waals surface area contributed by atoms with Gasteiger partial charge in [0.2, 0.25) is 15.9 Å². The van der Waals surface area contributed by atoms with E-state index < -0.39 is 16.1 Å². The summed E-state index contributed by atoms with van der Waals surface area (Å²) >= 11 is 0. The summed E-state index contributed by atoms with van der Waals surface area (Å²) in [5, 5.41) is 18.0. The van der Waals surface area contributed by atoms with Crippen molar-refractivity contribution in [2.75, 3.05) is 26.7 Å². The third-order valence-corrected chi connectivity index (χ3v) is 8.83. The van der Waals surface area contributed by atoms with Gasteiger partial charge in [0.25, 0.3) is 0 Å². The van der Waals surface area contributed by atoms with Crippen molar-refractivity contribution in [3.8, 4) is 11.5 Å². The van der Waals surface area contributed by atoms with Gasteiger partial charge >= 0.3 is 0 Å². The molecule has 40 heavy (non-hydrogen) atoms. The van der Waals surface area contributed by atoms with Crippen LogP contribution in [0.1, 0.15) is 32.4 Å². The Balaban J connectivity index is 1.51. The van der Waals surface area contributed by atoms with Crippen molar-refractivity contribution in [2.45, 2.75) is 56.9 Å². The summed E-state index contributed by atoms with van der Waals surface area (Å²) in [5.74, 6) is 0.858. The van der Waals surface area contributed by atoms with E-state index in [9.17, 15) is 18.3 Å². The lowest BCUT2D eigenvalue weighted by molar-refractivity contribution is -0.136. The number of para-hydroxylation sites is 1. The first-order valence-electron chi connectivity index (χ1n) is 13.4. The monoisotopic (exact) mass is 571 g/mol. The van der Waals surface area contributed by atoms with Crippen molar-refractivity contribution in [3.63, 3.8) is 0 Å². The van der Waals surface area contributed by atoms with Crippen LogP contribution in [0.3, 0.4) is 0 Å². The van der Waals surface area contributed by atoms with Crippen molar-refractivity contribution < 1.29 is 27.8 Å². The molecule has 11 nitrogen and oxygen atoms in total. The van der Waals surface area contributed by atoms with Crippen LogP contribution in [0.4, 0.5) is 0 Å². The number of hydrogen-bond donors (Lipinski definition) is 1. The highest BCUT2D eigenvalue weighted by Gasteiger charge is 2.31. The second-order valence-electron chi connectivity index (χ2n) is 10.2. The van der Waals surface area contributed by atoms with E-state index in [1.54, 1.807) is 34.8 Å². The average Bonchev–Trinajstić information content (AvgIpc) is 3.41. The van der Waals surface area contributed by atoms with Crippen LogP contribution >= 0.6 is 0 Å². The molecule has 2 bridgehead atoms. The summed E-state index contributed by atoms with van der Waals surface area (Å²) in [6, 6.07) is 15.1. The Hall–Kier alpha value is -3.32. The largest absolute Gasteiger partial charge is 0.457 e. The number of carbonyl (C=O) groups is 1. The van der Waals surface area contributed by atoms with Crippen molar-refractivity contribution in [1.29, 1.82) is 0 Å². The number of benzene rings is 2. The molecule has 0 aliphatic carbocycles. The van der Waals surface area contributed by atoms with Gasteiger partial charge in [0.15, 0.2) is 0 Å². The molecule has 3 atom stereocenters. The van der Waals surface area contributed by atoms with Crippen molar-refractivity contribution in [2.24, 2.45) is 5.92 Å². The fraction of sp³-hybridized carbons (Fsp3) is 0.464. The number of aromatic nitrogens is 3. The number of fused-ring (bicyclic) bond motifs is 2. The predicted octanol–water partition coefficient (Wildman–Crippen LogP) is 2.92. The van der Waals surface area contributed by atoms with Gasteiger partial charge in [-0.15, -0.1) is 5.10 Å². The highest BCUT2D eigenvalue weighted by molar-refractivity contribution is 7.89. The Morgan fingerprint density at radius 2 is 1.85 bits per heavy atom. The molecule has 0 spiro atoms. The summed E-state index contributed by atoms with van der Waals surface area (Å²) in [7, 11) is -2.34. The number of aliphatic hydroxyl groups is 1. The van der Waals surface area contributed by atoms with Crippen LogP contribution in [0.15, 0.2) is 65.7 Å². The van der Waals surface area contributed by atoms with E-state index in [1.165, 1.54) is 23.5 Å². The molecule has 2 heterocycles. The minimum atomic E-state index is -3.85. The van der Waals surface area contributed by atoms with E-state index in [0.717, 1.165) is 0 Å². The molecule has 1 amide bonds. The van der Waals surface area contributed by atoms with Crippen molar-refractivity contribution in [1.82, 2.24) is 24.2 Å². The van der Waals surface area contributed by atoms with E-state index in [0.29, 0.717) is 43.1 Å². The zero-order valence-electron chi connectivity index (χ0n) is 23.1. The molecule has 12 heteroatoms. The van der Waals surface area contributed by atoms with E-state index in [1.807, 2.05) is 37.3 Å². The summed E-state index contributed by atoms with van der Waals surface area (Å²) in [4.78, 5) is 14.8. The maximum Gasteiger partial charge on any atom is 0.242 e. The van der Waals surface area contributed by atoms with Crippen LogP contribution in [0.5, 0.6) is 11.5 Å². The SMILES string of the molecule is C[C@@H]1CN([C@H](C)CO)C(=O)CCCn2cc(nn2)CO[C@H]1CN(C)S(=O)(=O)c1ccc(Oc2ccccc2)cc1. The molecule has 1 aliphatic rings. The van der Waals surface area contributed by atoms with Gasteiger partial charge in [0.05, 0.1) is 36.5 Å². The molecule has 4 rings (SSSR count). The third kappa shape index (κ3) is 7.45. The van der Waals surface area contributed by atoms with Gasteiger partial charge in [0.1, 0.15) is 17.2 Å². The smallest absolute Gasteiger partial charge is 0.242 e. The van der Waals surface area contributed by atoms with Crippen LogP contribution < -0.4 is 4.74 Å². The number of carbonyl (C=O) groups excluding carboxylic acids is 1. The number of nitrogens with zero attached hydrogens (tertiary/aromatic N) is 5. The zero-order chi connectivity index (χ0) is 28.7. The number of ether oxygens (including phenoxy) is 2. The molecule has 1 aliphatic heterocycles. The first-order valence-corrected chi connectivity index (χ1v) is 14.8. The zero-order valence-corrected chi connectivity index (χ0v) is 23.9. The van der Waals surface area contributed by atoms with Crippen LogP contribution in [-0.4, -0.2) is 82.5 Å². The topological polar surface area (TPSA) is 127 Å². The van der Waals surface area contributed by atoms with E-state index in [2.05, 4.69) is 10.3 Å². The Kier molecular flexibility index (Phi) is 9.90. The molecule has 0 fully saturated rings. The summed E-state index contributed by atoms with van der Waals surface area (Å²) in [6.45, 7) is 4.59. The maximum absolute atomic E-state index is 13.5. The molecule has 0 saturated carbocycles. The maximum atomic E-state index is 13.5. The lowest BCUT2D eigenvalue weighted by Gasteiger charge is -2.35. The number of hydrogen-bond acceptors (Lipinski definition) is 8. The minimum absolute atomic E-state index is 0.0510. The predicted molar refractivity (Wildman–Crippen MR) is 148 cm³/mol. The number of aliphatic hydroxyl groups excluding tert-OH is 1. The number of aryl methyl sites for hydroxylation is 1. The van der Waals surface area contributed by atoms with Crippen molar-refractivity contribution >= 4 is 15.9 Å². The third-order valence-electron chi connectivity index (χ3n) is 6.99. The Bertz CT molecular complexity index is 1350. The summed E-state index contributed by atoms with van der Waals surface area (Å²) in [6.07, 6.45) is 2.10. The molecule has 0 unspecified atom stereocenters. The standard InChI is InChI=1S/C28H37N5O6S/c1-21-16-33(22(2)19-34)28(35)10-7-15-32-17-23(29-30-32)20-38-27(21)18-31(3)40(36,37)26-13-11-25(12-14-26)39-24-8-5-4-6-9-24/h4-6,8-9,11-14,17,21-22,27,34H,7,10,15-16,18-20H2,1-3H3/t21-,22-,27+/m1/s1. The first-order chi connectivity index (χ1) is 19.2. The quantitative estimate of drug-likeness (QED) is 0.437. The normalized spacial score (nSPS) is 19.9. The van der Waals surface area contributed by atoms with Crippen LogP contribution in [0, 0.1) is 5.92 Å². The molecule has 0 radical (unpaired) electrons. The molecule has 2 aromatic carbocycles. The molecule has 0 saturated heterocycles. The van der Waals surface area contributed by atoms with Crippen molar-refractivity contribution in [3.05, 3.63) is 66.5 Å². The van der Waals surface area contributed by atoms with Gasteiger partial charge in [0, 0.05) is 39.0 Å². The van der Waals surface area contributed by atoms with E-state index in [-0.39, 0.29) is 42.5 Å². The second-order valence-corrected chi connectivity index (χ2v) is 12.2. The van der Waals surface area contributed by atoms with E-state index in [4.69, 9.17) is 9.47 Å². The van der Waals surface area contributed by atoms with Gasteiger partial charge in [-0.3, -0.25) is 9.48 Å².